The third kappa shape index (κ3) is 5.99. The van der Waals surface area contributed by atoms with Gasteiger partial charge >= 0.3 is 13.1 Å². The van der Waals surface area contributed by atoms with Gasteiger partial charge in [-0.05, 0) is 61.2 Å². The van der Waals surface area contributed by atoms with Crippen LogP contribution >= 0.6 is 0 Å². The van der Waals surface area contributed by atoms with Crippen LogP contribution in [-0.4, -0.2) is 29.9 Å². The summed E-state index contributed by atoms with van der Waals surface area (Å²) in [6.45, 7) is 13.9. The summed E-state index contributed by atoms with van der Waals surface area (Å²) in [6, 6.07) is 0. The number of hydrogen-bond donors (Lipinski definition) is 0. The molecule has 0 amide bonds. The summed E-state index contributed by atoms with van der Waals surface area (Å²) >= 11 is 0. The predicted molar refractivity (Wildman–Crippen MR) is 85.2 cm³/mol. The molecule has 0 aromatic rings. The van der Waals surface area contributed by atoms with Gasteiger partial charge in [0.15, 0.2) is 0 Å². The van der Waals surface area contributed by atoms with Crippen LogP contribution < -0.4 is 0 Å². The van der Waals surface area contributed by atoms with Gasteiger partial charge in [-0.25, -0.2) is 0 Å². The number of esters is 1. The molecule has 4 nitrogen and oxygen atoms in total. The molecule has 5 heteroatoms. The molecule has 0 atom stereocenters. The average molecular weight is 298 g/mol. The molecule has 1 heterocycles. The van der Waals surface area contributed by atoms with Gasteiger partial charge in [0.05, 0.1) is 11.2 Å². The highest BCUT2D eigenvalue weighted by Gasteiger charge is 2.50. The minimum absolute atomic E-state index is 0.113. The Hall–Kier alpha value is -0.545. The van der Waals surface area contributed by atoms with Gasteiger partial charge in [-0.15, -0.1) is 0 Å². The van der Waals surface area contributed by atoms with Crippen LogP contribution in [0.4, 0.5) is 0 Å². The van der Waals surface area contributed by atoms with Crippen LogP contribution in [0.15, 0.2) is 0 Å². The second-order valence-electron chi connectivity index (χ2n) is 7.87. The smallest absolute Gasteiger partial charge is 0.457 e. The SMILES string of the molecule is CC(C)(C)OC(=O)CCCCCB1OC(C)(C)C(C)(C)O1. The molecule has 1 saturated heterocycles. The van der Waals surface area contributed by atoms with Crippen LogP contribution in [-0.2, 0) is 18.8 Å². The first kappa shape index (κ1) is 18.5. The fourth-order valence-electron chi connectivity index (χ4n) is 2.23. The van der Waals surface area contributed by atoms with Gasteiger partial charge in [-0.2, -0.15) is 0 Å². The molecule has 0 unspecified atom stereocenters. The maximum Gasteiger partial charge on any atom is 0.457 e. The van der Waals surface area contributed by atoms with E-state index in [1.165, 1.54) is 0 Å². The first-order chi connectivity index (χ1) is 9.43. The number of unbranched alkanes of at least 4 members (excludes halogenated alkanes) is 2. The molecule has 21 heavy (non-hydrogen) atoms. The summed E-state index contributed by atoms with van der Waals surface area (Å²) < 4.78 is 17.2. The average Bonchev–Trinajstić information content (AvgIpc) is 2.44. The number of carbonyl (C=O) groups is 1. The lowest BCUT2D eigenvalue weighted by atomic mass is 9.82. The Morgan fingerprint density at radius 2 is 1.52 bits per heavy atom. The van der Waals surface area contributed by atoms with E-state index in [2.05, 4.69) is 27.7 Å². The van der Waals surface area contributed by atoms with E-state index in [-0.39, 0.29) is 29.9 Å². The van der Waals surface area contributed by atoms with Crippen LogP contribution in [0, 0.1) is 0 Å². The maximum atomic E-state index is 11.6. The summed E-state index contributed by atoms with van der Waals surface area (Å²) in [5.74, 6) is -0.113. The molecule has 0 bridgehead atoms. The Labute approximate surface area is 130 Å². The lowest BCUT2D eigenvalue weighted by Crippen LogP contribution is -2.41. The largest absolute Gasteiger partial charge is 0.460 e. The van der Waals surface area contributed by atoms with Gasteiger partial charge < -0.3 is 14.0 Å². The molecule has 0 N–H and O–H groups in total. The van der Waals surface area contributed by atoms with Crippen molar-refractivity contribution in [2.75, 3.05) is 0 Å². The Balaban J connectivity index is 2.15. The van der Waals surface area contributed by atoms with Crippen molar-refractivity contribution in [1.82, 2.24) is 0 Å². The Bertz CT molecular complexity index is 342. The lowest BCUT2D eigenvalue weighted by molar-refractivity contribution is -0.154. The van der Waals surface area contributed by atoms with Gasteiger partial charge in [0, 0.05) is 6.42 Å². The number of hydrogen-bond acceptors (Lipinski definition) is 4. The summed E-state index contributed by atoms with van der Waals surface area (Å²) in [6.07, 6.45) is 4.21. The van der Waals surface area contributed by atoms with E-state index >= 15 is 0 Å². The first-order valence-corrected chi connectivity index (χ1v) is 8.00. The highest BCUT2D eigenvalue weighted by molar-refractivity contribution is 6.45. The third-order valence-electron chi connectivity index (χ3n) is 4.04. The zero-order valence-corrected chi connectivity index (χ0v) is 14.7. The molecule has 0 spiro atoms. The summed E-state index contributed by atoms with van der Waals surface area (Å²) in [7, 11) is -0.128. The van der Waals surface area contributed by atoms with E-state index in [0.29, 0.717) is 6.42 Å². The van der Waals surface area contributed by atoms with Crippen molar-refractivity contribution in [3.05, 3.63) is 0 Å². The molecule has 0 aromatic carbocycles. The van der Waals surface area contributed by atoms with Crippen molar-refractivity contribution < 1.29 is 18.8 Å². The number of rotatable bonds is 6. The summed E-state index contributed by atoms with van der Waals surface area (Å²) in [5, 5.41) is 0. The molecule has 1 aliphatic heterocycles. The van der Waals surface area contributed by atoms with Crippen molar-refractivity contribution in [3.63, 3.8) is 0 Å². The minimum atomic E-state index is -0.389. The molecule has 0 radical (unpaired) electrons. The summed E-state index contributed by atoms with van der Waals surface area (Å²) in [5.41, 5.74) is -0.901. The standard InChI is InChI=1S/C16H31BO4/c1-14(2,3)19-13(18)11-9-8-10-12-17-20-15(4,5)16(6,7)21-17/h8-12H2,1-7H3. The second kappa shape index (κ2) is 6.70. The maximum absolute atomic E-state index is 11.6. The topological polar surface area (TPSA) is 44.8 Å². The zero-order valence-electron chi connectivity index (χ0n) is 14.7. The van der Waals surface area contributed by atoms with Gasteiger partial charge in [-0.3, -0.25) is 4.79 Å². The monoisotopic (exact) mass is 298 g/mol. The number of ether oxygens (including phenoxy) is 1. The molecule has 0 aliphatic carbocycles. The van der Waals surface area contributed by atoms with E-state index in [1.807, 2.05) is 20.8 Å². The van der Waals surface area contributed by atoms with Crippen LogP contribution in [0.1, 0.15) is 74.1 Å². The van der Waals surface area contributed by atoms with Crippen molar-refractivity contribution in [1.29, 1.82) is 0 Å². The van der Waals surface area contributed by atoms with Crippen LogP contribution in [0.5, 0.6) is 0 Å². The van der Waals surface area contributed by atoms with E-state index in [0.717, 1.165) is 25.6 Å². The van der Waals surface area contributed by atoms with E-state index in [1.54, 1.807) is 0 Å². The zero-order chi connectivity index (χ0) is 16.3. The molecular weight excluding hydrogens is 267 g/mol. The molecule has 1 rings (SSSR count). The molecule has 0 aromatic heterocycles. The molecular formula is C16H31BO4. The van der Waals surface area contributed by atoms with Crippen LogP contribution in [0.2, 0.25) is 6.32 Å². The van der Waals surface area contributed by atoms with Gasteiger partial charge in [0.1, 0.15) is 5.60 Å². The van der Waals surface area contributed by atoms with E-state index < -0.39 is 0 Å². The van der Waals surface area contributed by atoms with Crippen LogP contribution in [0.3, 0.4) is 0 Å². The second-order valence-corrected chi connectivity index (χ2v) is 7.87. The normalized spacial score (nSPS) is 20.6. The Morgan fingerprint density at radius 3 is 2.00 bits per heavy atom. The van der Waals surface area contributed by atoms with Crippen LogP contribution in [0.25, 0.3) is 0 Å². The van der Waals surface area contributed by atoms with Gasteiger partial charge in [0.25, 0.3) is 0 Å². The fourth-order valence-corrected chi connectivity index (χ4v) is 2.23. The minimum Gasteiger partial charge on any atom is -0.460 e. The third-order valence-corrected chi connectivity index (χ3v) is 4.04. The van der Waals surface area contributed by atoms with Crippen molar-refractivity contribution in [2.45, 2.75) is 97.3 Å². The van der Waals surface area contributed by atoms with Gasteiger partial charge in [0.2, 0.25) is 0 Å². The highest BCUT2D eigenvalue weighted by Crippen LogP contribution is 2.38. The predicted octanol–water partition coefficient (Wildman–Crippen LogP) is 3.98. The Morgan fingerprint density at radius 1 is 1.00 bits per heavy atom. The molecule has 1 fully saturated rings. The van der Waals surface area contributed by atoms with Crippen molar-refractivity contribution >= 4 is 13.1 Å². The fraction of sp³-hybridized carbons (Fsp3) is 0.938. The summed E-state index contributed by atoms with van der Waals surface area (Å²) in [4.78, 5) is 11.6. The van der Waals surface area contributed by atoms with E-state index in [4.69, 9.17) is 14.0 Å². The lowest BCUT2D eigenvalue weighted by Gasteiger charge is -2.32. The highest BCUT2D eigenvalue weighted by atomic mass is 16.7. The number of carbonyl (C=O) groups excluding carboxylic acids is 1. The quantitative estimate of drug-likeness (QED) is 0.422. The van der Waals surface area contributed by atoms with E-state index in [9.17, 15) is 4.79 Å². The molecule has 1 aliphatic rings. The van der Waals surface area contributed by atoms with Crippen molar-refractivity contribution in [2.24, 2.45) is 0 Å². The first-order valence-electron chi connectivity index (χ1n) is 8.00. The molecule has 0 saturated carbocycles. The molecule has 122 valence electrons. The van der Waals surface area contributed by atoms with Gasteiger partial charge in [-0.1, -0.05) is 12.8 Å². The Kier molecular flexibility index (Phi) is 5.90. The van der Waals surface area contributed by atoms with Crippen molar-refractivity contribution in [3.8, 4) is 0 Å².